The zero-order valence-electron chi connectivity index (χ0n) is 10.9. The molecule has 1 amide bonds. The van der Waals surface area contributed by atoms with Crippen LogP contribution < -0.4 is 5.32 Å². The van der Waals surface area contributed by atoms with Crippen molar-refractivity contribution in [3.05, 3.63) is 33.1 Å². The number of aromatic nitrogens is 1. The molecular weight excluding hydrogens is 286 g/mol. The second-order valence-electron chi connectivity index (χ2n) is 4.70. The number of carbonyl (C=O) groups excluding carboxylic acids is 1. The van der Waals surface area contributed by atoms with Crippen LogP contribution in [0.15, 0.2) is 12.3 Å². The van der Waals surface area contributed by atoms with Gasteiger partial charge in [0.1, 0.15) is 16.9 Å². The van der Waals surface area contributed by atoms with Crippen molar-refractivity contribution in [3.63, 3.8) is 0 Å². The second kappa shape index (κ2) is 5.72. The summed E-state index contributed by atoms with van der Waals surface area (Å²) in [6.45, 7) is 0.319. The summed E-state index contributed by atoms with van der Waals surface area (Å²) in [4.78, 5) is 25.9. The van der Waals surface area contributed by atoms with Crippen molar-refractivity contribution < 1.29 is 14.5 Å². The Bertz CT molecular complexity index is 540. The lowest BCUT2D eigenvalue weighted by Gasteiger charge is -2.40. The van der Waals surface area contributed by atoms with Gasteiger partial charge in [0.25, 0.3) is 11.6 Å². The first kappa shape index (κ1) is 14.7. The van der Waals surface area contributed by atoms with Crippen molar-refractivity contribution in [2.45, 2.75) is 24.9 Å². The fraction of sp³-hybridized carbons (Fsp3) is 0.500. The van der Waals surface area contributed by atoms with Gasteiger partial charge < -0.3 is 10.1 Å². The minimum Gasteiger partial charge on any atom is -0.376 e. The minimum atomic E-state index is -0.659. The molecule has 1 aromatic rings. The van der Waals surface area contributed by atoms with Crippen LogP contribution in [-0.4, -0.2) is 35.1 Å². The van der Waals surface area contributed by atoms with Crippen LogP contribution in [0.3, 0.4) is 0 Å². The fourth-order valence-corrected chi connectivity index (χ4v) is 2.27. The summed E-state index contributed by atoms with van der Waals surface area (Å²) in [5, 5.41) is 13.6. The normalized spacial score (nSPS) is 16.3. The highest BCUT2D eigenvalue weighted by molar-refractivity contribution is 6.29. The van der Waals surface area contributed by atoms with Crippen LogP contribution in [0.2, 0.25) is 5.15 Å². The van der Waals surface area contributed by atoms with Gasteiger partial charge in [-0.2, -0.15) is 0 Å². The molecule has 0 radical (unpaired) electrons. The van der Waals surface area contributed by atoms with E-state index in [1.165, 1.54) is 6.07 Å². The Morgan fingerprint density at radius 2 is 2.35 bits per heavy atom. The highest BCUT2D eigenvalue weighted by Crippen LogP contribution is 2.34. The lowest BCUT2D eigenvalue weighted by Crippen LogP contribution is -2.49. The number of halogens is 1. The van der Waals surface area contributed by atoms with E-state index in [4.69, 9.17) is 16.3 Å². The van der Waals surface area contributed by atoms with Gasteiger partial charge in [-0.05, 0) is 25.3 Å². The average Bonchev–Trinajstić information content (AvgIpc) is 2.37. The first-order chi connectivity index (χ1) is 9.47. The number of rotatable bonds is 5. The summed E-state index contributed by atoms with van der Waals surface area (Å²) < 4.78 is 5.37. The number of methoxy groups -OCH3 is 1. The molecule has 1 heterocycles. The standard InChI is InChI=1S/C12H14ClN3O4/c1-20-12(3-2-4-12)7-15-11(17)8-5-10(13)14-6-9(8)16(18)19/h5-6H,2-4,7H2,1H3,(H,15,17). The van der Waals surface area contributed by atoms with Crippen LogP contribution in [-0.2, 0) is 4.74 Å². The van der Waals surface area contributed by atoms with Gasteiger partial charge in [-0.1, -0.05) is 11.6 Å². The third-order valence-corrected chi connectivity index (χ3v) is 3.77. The summed E-state index contributed by atoms with van der Waals surface area (Å²) in [6.07, 6.45) is 3.75. The molecule has 0 spiro atoms. The summed E-state index contributed by atoms with van der Waals surface area (Å²) in [7, 11) is 1.59. The van der Waals surface area contributed by atoms with Gasteiger partial charge in [0.05, 0.1) is 10.5 Å². The van der Waals surface area contributed by atoms with Crippen molar-refractivity contribution in [2.24, 2.45) is 0 Å². The molecule has 0 aliphatic heterocycles. The molecule has 108 valence electrons. The maximum Gasteiger partial charge on any atom is 0.300 e. The number of nitrogens with one attached hydrogen (secondary N) is 1. The van der Waals surface area contributed by atoms with Gasteiger partial charge in [-0.3, -0.25) is 14.9 Å². The zero-order valence-corrected chi connectivity index (χ0v) is 11.6. The zero-order chi connectivity index (χ0) is 14.8. The lowest BCUT2D eigenvalue weighted by atomic mass is 9.80. The van der Waals surface area contributed by atoms with E-state index in [0.717, 1.165) is 25.5 Å². The highest BCUT2D eigenvalue weighted by atomic mass is 35.5. The molecule has 0 bridgehead atoms. The molecule has 1 saturated carbocycles. The number of carbonyl (C=O) groups is 1. The monoisotopic (exact) mass is 299 g/mol. The molecule has 0 unspecified atom stereocenters. The predicted molar refractivity (Wildman–Crippen MR) is 71.8 cm³/mol. The van der Waals surface area contributed by atoms with Crippen LogP contribution >= 0.6 is 11.6 Å². The molecule has 1 aliphatic carbocycles. The van der Waals surface area contributed by atoms with Crippen molar-refractivity contribution >= 4 is 23.2 Å². The van der Waals surface area contributed by atoms with Crippen LogP contribution in [0.25, 0.3) is 0 Å². The number of hydrogen-bond donors (Lipinski definition) is 1. The molecule has 0 saturated heterocycles. The van der Waals surface area contributed by atoms with E-state index in [0.29, 0.717) is 6.54 Å². The van der Waals surface area contributed by atoms with E-state index in [1.807, 2.05) is 0 Å². The van der Waals surface area contributed by atoms with Crippen molar-refractivity contribution in [3.8, 4) is 0 Å². The Hall–Kier alpha value is -1.73. The fourth-order valence-electron chi connectivity index (χ4n) is 2.11. The van der Waals surface area contributed by atoms with Gasteiger partial charge in [0.15, 0.2) is 0 Å². The number of amides is 1. The van der Waals surface area contributed by atoms with Gasteiger partial charge in [-0.15, -0.1) is 0 Å². The van der Waals surface area contributed by atoms with Gasteiger partial charge in [0.2, 0.25) is 0 Å². The minimum absolute atomic E-state index is 0.0332. The lowest BCUT2D eigenvalue weighted by molar-refractivity contribution is -0.385. The SMILES string of the molecule is COC1(CNC(=O)c2cc(Cl)ncc2[N+](=O)[O-])CCC1. The van der Waals surface area contributed by atoms with Crippen molar-refractivity contribution in [2.75, 3.05) is 13.7 Å². The molecule has 1 aromatic heterocycles. The first-order valence-electron chi connectivity index (χ1n) is 6.11. The Morgan fingerprint density at radius 3 is 2.85 bits per heavy atom. The number of nitro groups is 1. The van der Waals surface area contributed by atoms with E-state index in [2.05, 4.69) is 10.3 Å². The summed E-state index contributed by atoms with van der Waals surface area (Å²) in [6, 6.07) is 1.19. The van der Waals surface area contributed by atoms with Gasteiger partial charge in [0, 0.05) is 13.7 Å². The number of hydrogen-bond acceptors (Lipinski definition) is 5. The maximum absolute atomic E-state index is 12.1. The summed E-state index contributed by atoms with van der Waals surface area (Å²) in [5.41, 5.74) is -0.811. The summed E-state index contributed by atoms with van der Waals surface area (Å²) in [5.74, 6) is -0.552. The second-order valence-corrected chi connectivity index (χ2v) is 5.09. The molecule has 8 heteroatoms. The van der Waals surface area contributed by atoms with E-state index in [-0.39, 0.29) is 22.0 Å². The number of nitrogens with zero attached hydrogens (tertiary/aromatic N) is 2. The third kappa shape index (κ3) is 2.88. The number of pyridine rings is 1. The van der Waals surface area contributed by atoms with Crippen molar-refractivity contribution in [1.29, 1.82) is 0 Å². The van der Waals surface area contributed by atoms with Gasteiger partial charge >= 0.3 is 0 Å². The predicted octanol–water partition coefficient (Wildman–Crippen LogP) is 1.94. The van der Waals surface area contributed by atoms with E-state index in [1.54, 1.807) is 7.11 Å². The van der Waals surface area contributed by atoms with Crippen LogP contribution in [0, 0.1) is 10.1 Å². The molecule has 7 nitrogen and oxygen atoms in total. The molecule has 0 aromatic carbocycles. The Balaban J connectivity index is 2.12. The van der Waals surface area contributed by atoms with E-state index >= 15 is 0 Å². The topological polar surface area (TPSA) is 94.4 Å². The Labute approximate surface area is 120 Å². The molecule has 2 rings (SSSR count). The highest BCUT2D eigenvalue weighted by Gasteiger charge is 2.37. The average molecular weight is 300 g/mol. The smallest absolute Gasteiger partial charge is 0.300 e. The molecule has 1 fully saturated rings. The quantitative estimate of drug-likeness (QED) is 0.509. The molecule has 0 atom stereocenters. The third-order valence-electron chi connectivity index (χ3n) is 3.56. The largest absolute Gasteiger partial charge is 0.376 e. The molecule has 1 aliphatic rings. The summed E-state index contributed by atoms with van der Waals surface area (Å²) >= 11 is 5.68. The molecule has 20 heavy (non-hydrogen) atoms. The van der Waals surface area contributed by atoms with E-state index < -0.39 is 10.8 Å². The Morgan fingerprint density at radius 1 is 1.65 bits per heavy atom. The molecular formula is C12H14ClN3O4. The molecule has 1 N–H and O–H groups in total. The Kier molecular flexibility index (Phi) is 4.20. The van der Waals surface area contributed by atoms with E-state index in [9.17, 15) is 14.9 Å². The maximum atomic E-state index is 12.1. The van der Waals surface area contributed by atoms with Crippen LogP contribution in [0.1, 0.15) is 29.6 Å². The van der Waals surface area contributed by atoms with Crippen molar-refractivity contribution in [1.82, 2.24) is 10.3 Å². The van der Waals surface area contributed by atoms with Crippen LogP contribution in [0.4, 0.5) is 5.69 Å². The van der Waals surface area contributed by atoms with Gasteiger partial charge in [-0.25, -0.2) is 4.98 Å². The van der Waals surface area contributed by atoms with Crippen LogP contribution in [0.5, 0.6) is 0 Å². The first-order valence-corrected chi connectivity index (χ1v) is 6.48. The number of ether oxygens (including phenoxy) is 1.